The van der Waals surface area contributed by atoms with Gasteiger partial charge in [0.1, 0.15) is 0 Å². The van der Waals surface area contributed by atoms with Crippen molar-refractivity contribution in [3.8, 4) is 0 Å². The molecular weight excluding hydrogens is 335 g/mol. The number of hydrogen-bond donors (Lipinski definition) is 1. The van der Waals surface area contributed by atoms with Gasteiger partial charge in [-0.1, -0.05) is 39.1 Å². The Morgan fingerprint density at radius 3 is 2.83 bits per heavy atom. The third-order valence-electron chi connectivity index (χ3n) is 2.45. The molecule has 0 saturated carbocycles. The van der Waals surface area contributed by atoms with Crippen molar-refractivity contribution >= 4 is 44.8 Å². The van der Waals surface area contributed by atoms with Crippen molar-refractivity contribution in [1.29, 1.82) is 0 Å². The minimum Gasteiger partial charge on any atom is -0.378 e. The molecule has 94 valence electrons. The van der Waals surface area contributed by atoms with E-state index in [2.05, 4.69) is 26.2 Å². The molecule has 2 rings (SSSR count). The number of halogens is 3. The molecule has 1 aromatic heterocycles. The number of rotatable bonds is 3. The summed E-state index contributed by atoms with van der Waals surface area (Å²) in [4.78, 5) is 4.10. The Morgan fingerprint density at radius 1 is 1.28 bits per heavy atom. The highest BCUT2D eigenvalue weighted by Gasteiger charge is 2.04. The van der Waals surface area contributed by atoms with Crippen LogP contribution in [0.3, 0.4) is 0 Å². The Labute approximate surface area is 124 Å². The molecule has 0 unspecified atom stereocenters. The maximum atomic E-state index is 6.02. The average molecular weight is 346 g/mol. The molecule has 5 heteroatoms. The van der Waals surface area contributed by atoms with Gasteiger partial charge in [0.15, 0.2) is 5.15 Å². The van der Waals surface area contributed by atoms with Gasteiger partial charge in [-0.2, -0.15) is 0 Å². The molecular formula is C13H11BrCl2N2. The third kappa shape index (κ3) is 3.37. The Bertz CT molecular complexity index is 521. The van der Waals surface area contributed by atoms with Crippen LogP contribution in [0.25, 0.3) is 0 Å². The van der Waals surface area contributed by atoms with Crippen LogP contribution in [0, 0.1) is 6.92 Å². The first-order valence-corrected chi connectivity index (χ1v) is 6.91. The predicted molar refractivity (Wildman–Crippen MR) is 80.5 cm³/mol. The maximum absolute atomic E-state index is 6.02. The Balaban J connectivity index is 2.16. The zero-order valence-corrected chi connectivity index (χ0v) is 12.8. The van der Waals surface area contributed by atoms with Gasteiger partial charge in [0.05, 0.1) is 5.69 Å². The van der Waals surface area contributed by atoms with Crippen LogP contribution in [0.15, 0.2) is 34.9 Å². The van der Waals surface area contributed by atoms with Gasteiger partial charge in [0.25, 0.3) is 0 Å². The van der Waals surface area contributed by atoms with E-state index in [1.165, 1.54) is 0 Å². The second kappa shape index (κ2) is 5.91. The average Bonchev–Trinajstić information content (AvgIpc) is 2.34. The van der Waals surface area contributed by atoms with Crippen molar-refractivity contribution in [2.75, 3.05) is 5.32 Å². The van der Waals surface area contributed by atoms with E-state index >= 15 is 0 Å². The van der Waals surface area contributed by atoms with Crippen molar-refractivity contribution in [2.45, 2.75) is 13.5 Å². The summed E-state index contributed by atoms with van der Waals surface area (Å²) in [6.07, 6.45) is 1.74. The van der Waals surface area contributed by atoms with Crippen molar-refractivity contribution < 1.29 is 0 Å². The van der Waals surface area contributed by atoms with E-state index in [4.69, 9.17) is 23.2 Å². The fourth-order valence-corrected chi connectivity index (χ4v) is 2.30. The van der Waals surface area contributed by atoms with E-state index in [0.717, 1.165) is 21.3 Å². The minimum atomic E-state index is 0.471. The van der Waals surface area contributed by atoms with Crippen molar-refractivity contribution in [1.82, 2.24) is 4.98 Å². The van der Waals surface area contributed by atoms with Gasteiger partial charge < -0.3 is 5.32 Å². The standard InChI is InChI=1S/C13H11BrCl2N2/c1-8-4-12(13(16)18-6-8)17-7-9-5-10(15)2-3-11(9)14/h2-6,17H,7H2,1H3. The first-order chi connectivity index (χ1) is 8.56. The first kappa shape index (κ1) is 13.7. The molecule has 0 spiro atoms. The van der Waals surface area contributed by atoms with Crippen molar-refractivity contribution in [3.05, 3.63) is 56.2 Å². The molecule has 0 fully saturated rings. The van der Waals surface area contributed by atoms with Gasteiger partial charge in [-0.25, -0.2) is 4.98 Å². The molecule has 0 bridgehead atoms. The second-order valence-electron chi connectivity index (χ2n) is 3.94. The molecule has 0 atom stereocenters. The normalized spacial score (nSPS) is 10.4. The molecule has 1 N–H and O–H groups in total. The van der Waals surface area contributed by atoms with E-state index in [9.17, 15) is 0 Å². The number of nitrogens with zero attached hydrogens (tertiary/aromatic N) is 1. The minimum absolute atomic E-state index is 0.471. The zero-order valence-electron chi connectivity index (χ0n) is 9.67. The summed E-state index contributed by atoms with van der Waals surface area (Å²) in [5.74, 6) is 0. The van der Waals surface area contributed by atoms with E-state index in [-0.39, 0.29) is 0 Å². The smallest absolute Gasteiger partial charge is 0.152 e. The lowest BCUT2D eigenvalue weighted by molar-refractivity contribution is 1.12. The van der Waals surface area contributed by atoms with Gasteiger partial charge in [-0.05, 0) is 42.3 Å². The summed E-state index contributed by atoms with van der Waals surface area (Å²) in [6.45, 7) is 2.61. The zero-order chi connectivity index (χ0) is 13.1. The fraction of sp³-hybridized carbons (Fsp3) is 0.154. The van der Waals surface area contributed by atoms with Gasteiger partial charge in [0.2, 0.25) is 0 Å². The van der Waals surface area contributed by atoms with Crippen molar-refractivity contribution in [3.63, 3.8) is 0 Å². The number of anilines is 1. The van der Waals surface area contributed by atoms with Gasteiger partial charge >= 0.3 is 0 Å². The topological polar surface area (TPSA) is 24.9 Å². The van der Waals surface area contributed by atoms with Crippen LogP contribution in [0.2, 0.25) is 10.2 Å². The molecule has 1 aromatic carbocycles. The first-order valence-electron chi connectivity index (χ1n) is 5.36. The second-order valence-corrected chi connectivity index (χ2v) is 5.59. The lowest BCUT2D eigenvalue weighted by atomic mass is 10.2. The molecule has 1 heterocycles. The summed E-state index contributed by atoms with van der Waals surface area (Å²) >= 11 is 15.5. The van der Waals surface area contributed by atoms with Crippen LogP contribution >= 0.6 is 39.1 Å². The number of hydrogen-bond acceptors (Lipinski definition) is 2. The van der Waals surface area contributed by atoms with Crippen LogP contribution in [-0.4, -0.2) is 4.98 Å². The van der Waals surface area contributed by atoms with Crippen LogP contribution in [0.5, 0.6) is 0 Å². The van der Waals surface area contributed by atoms with Crippen molar-refractivity contribution in [2.24, 2.45) is 0 Å². The molecule has 0 aliphatic carbocycles. The Morgan fingerprint density at radius 2 is 2.06 bits per heavy atom. The monoisotopic (exact) mass is 344 g/mol. The van der Waals surface area contributed by atoms with Gasteiger partial charge in [0, 0.05) is 22.2 Å². The SMILES string of the molecule is Cc1cnc(Cl)c(NCc2cc(Cl)ccc2Br)c1. The quantitative estimate of drug-likeness (QED) is 0.785. The largest absolute Gasteiger partial charge is 0.378 e. The number of aryl methyl sites for hydroxylation is 1. The molecule has 0 aliphatic heterocycles. The van der Waals surface area contributed by atoms with Crippen LogP contribution in [-0.2, 0) is 6.54 Å². The summed E-state index contributed by atoms with van der Waals surface area (Å²) in [5.41, 5.74) is 2.95. The molecule has 0 radical (unpaired) electrons. The highest BCUT2D eigenvalue weighted by Crippen LogP contribution is 2.24. The van der Waals surface area contributed by atoms with E-state index in [0.29, 0.717) is 16.7 Å². The molecule has 0 saturated heterocycles. The number of pyridine rings is 1. The van der Waals surface area contributed by atoms with E-state index in [1.54, 1.807) is 6.20 Å². The van der Waals surface area contributed by atoms with Gasteiger partial charge in [-0.3, -0.25) is 0 Å². The highest BCUT2D eigenvalue weighted by molar-refractivity contribution is 9.10. The Kier molecular flexibility index (Phi) is 4.49. The van der Waals surface area contributed by atoms with E-state index < -0.39 is 0 Å². The van der Waals surface area contributed by atoms with Crippen LogP contribution in [0.4, 0.5) is 5.69 Å². The number of nitrogens with one attached hydrogen (secondary N) is 1. The fourth-order valence-electron chi connectivity index (χ4n) is 1.55. The van der Waals surface area contributed by atoms with E-state index in [1.807, 2.05) is 31.2 Å². The third-order valence-corrected chi connectivity index (χ3v) is 3.76. The summed E-state index contributed by atoms with van der Waals surface area (Å²) in [7, 11) is 0. The molecule has 2 nitrogen and oxygen atoms in total. The van der Waals surface area contributed by atoms with Crippen LogP contribution in [0.1, 0.15) is 11.1 Å². The van der Waals surface area contributed by atoms with Gasteiger partial charge in [-0.15, -0.1) is 0 Å². The lowest BCUT2D eigenvalue weighted by Crippen LogP contribution is -2.02. The number of benzene rings is 1. The maximum Gasteiger partial charge on any atom is 0.152 e. The highest BCUT2D eigenvalue weighted by atomic mass is 79.9. The lowest BCUT2D eigenvalue weighted by Gasteiger charge is -2.10. The number of aromatic nitrogens is 1. The summed E-state index contributed by atoms with van der Waals surface area (Å²) < 4.78 is 1.01. The Hall–Kier alpha value is -0.770. The van der Waals surface area contributed by atoms with Crippen LogP contribution < -0.4 is 5.32 Å². The molecule has 18 heavy (non-hydrogen) atoms. The molecule has 0 amide bonds. The molecule has 0 aliphatic rings. The predicted octanol–water partition coefficient (Wildman–Crippen LogP) is 5.07. The summed E-state index contributed by atoms with van der Waals surface area (Å²) in [5, 5.41) is 4.44. The summed E-state index contributed by atoms with van der Waals surface area (Å²) in [6, 6.07) is 7.65. The molecule has 2 aromatic rings.